The van der Waals surface area contributed by atoms with Gasteiger partial charge in [-0.2, -0.15) is 0 Å². The molecule has 116 valence electrons. The maximum atomic E-state index is 11.8. The normalized spacial score (nSPS) is 33.4. The molecule has 4 heteroatoms. The van der Waals surface area contributed by atoms with E-state index in [1.165, 1.54) is 11.8 Å². The van der Waals surface area contributed by atoms with E-state index in [2.05, 4.69) is 6.07 Å². The van der Waals surface area contributed by atoms with Crippen LogP contribution in [-0.4, -0.2) is 25.0 Å². The van der Waals surface area contributed by atoms with Crippen LogP contribution in [-0.2, 0) is 16.3 Å². The molecule has 0 amide bonds. The maximum absolute atomic E-state index is 11.8. The highest BCUT2D eigenvalue weighted by molar-refractivity contribution is 7.91. The van der Waals surface area contributed by atoms with Gasteiger partial charge in [0.25, 0.3) is 0 Å². The van der Waals surface area contributed by atoms with E-state index < -0.39 is 15.9 Å². The summed E-state index contributed by atoms with van der Waals surface area (Å²) in [5.41, 5.74) is 2.30. The lowest BCUT2D eigenvalue weighted by molar-refractivity contribution is 0.0447. The fourth-order valence-electron chi connectivity index (χ4n) is 4.21. The highest BCUT2D eigenvalue weighted by Crippen LogP contribution is 2.44. The average Bonchev–Trinajstić information content (AvgIpc) is 2.47. The minimum atomic E-state index is -2.96. The molecule has 21 heavy (non-hydrogen) atoms. The van der Waals surface area contributed by atoms with Crippen LogP contribution < -0.4 is 0 Å². The van der Waals surface area contributed by atoms with E-state index in [9.17, 15) is 13.5 Å². The molecule has 3 nitrogen and oxygen atoms in total. The lowest BCUT2D eigenvalue weighted by atomic mass is 9.70. The quantitative estimate of drug-likeness (QED) is 0.914. The van der Waals surface area contributed by atoms with Crippen molar-refractivity contribution >= 4 is 9.84 Å². The molecule has 2 aliphatic rings. The minimum Gasteiger partial charge on any atom is -0.388 e. The number of rotatable bonds is 2. The molecule has 1 N–H and O–H groups in total. The van der Waals surface area contributed by atoms with Crippen LogP contribution in [0.15, 0.2) is 24.3 Å². The van der Waals surface area contributed by atoms with E-state index in [-0.39, 0.29) is 11.2 Å². The summed E-state index contributed by atoms with van der Waals surface area (Å²) >= 11 is 0. The molecule has 0 aromatic heterocycles. The van der Waals surface area contributed by atoms with E-state index in [4.69, 9.17) is 0 Å². The van der Waals surface area contributed by atoms with Gasteiger partial charge in [0.1, 0.15) is 9.84 Å². The molecule has 0 radical (unpaired) electrons. The van der Waals surface area contributed by atoms with Crippen molar-refractivity contribution in [2.45, 2.75) is 49.9 Å². The minimum absolute atomic E-state index is 0.208. The van der Waals surface area contributed by atoms with Crippen molar-refractivity contribution in [1.82, 2.24) is 0 Å². The molecule has 4 atom stereocenters. The molecular weight excluding hydrogens is 284 g/mol. The molecule has 0 aliphatic heterocycles. The Morgan fingerprint density at radius 2 is 1.90 bits per heavy atom. The van der Waals surface area contributed by atoms with Gasteiger partial charge in [0, 0.05) is 6.26 Å². The van der Waals surface area contributed by atoms with Gasteiger partial charge >= 0.3 is 0 Å². The zero-order valence-corrected chi connectivity index (χ0v) is 13.3. The van der Waals surface area contributed by atoms with Gasteiger partial charge < -0.3 is 5.11 Å². The zero-order valence-electron chi connectivity index (χ0n) is 12.5. The van der Waals surface area contributed by atoms with Crippen molar-refractivity contribution in [2.24, 2.45) is 11.8 Å². The maximum Gasteiger partial charge on any atom is 0.150 e. The fourth-order valence-corrected chi connectivity index (χ4v) is 5.41. The van der Waals surface area contributed by atoms with Crippen LogP contribution in [0, 0.1) is 11.8 Å². The van der Waals surface area contributed by atoms with Gasteiger partial charge in [-0.3, -0.25) is 0 Å². The highest BCUT2D eigenvalue weighted by Gasteiger charge is 2.38. The standard InChI is InChI=1S/C17H24O3S/c1-21(19,20)14-7-4-6-13(11-14)16-10-9-12-5-2-3-8-15(12)17(16)18/h2-3,5,8,13-14,16-18H,4,6-7,9-11H2,1H3. The first kappa shape index (κ1) is 15.0. The third-order valence-corrected chi connectivity index (χ3v) is 7.04. The number of aliphatic hydroxyl groups is 1. The van der Waals surface area contributed by atoms with Crippen LogP contribution in [0.1, 0.15) is 49.3 Å². The number of hydrogen-bond acceptors (Lipinski definition) is 3. The van der Waals surface area contributed by atoms with Crippen molar-refractivity contribution in [3.8, 4) is 0 Å². The monoisotopic (exact) mass is 308 g/mol. The fraction of sp³-hybridized carbons (Fsp3) is 0.647. The number of hydrogen-bond donors (Lipinski definition) is 1. The van der Waals surface area contributed by atoms with Crippen LogP contribution in [0.5, 0.6) is 0 Å². The second-order valence-electron chi connectivity index (χ2n) is 6.72. The average molecular weight is 308 g/mol. The number of fused-ring (bicyclic) bond motifs is 1. The van der Waals surface area contributed by atoms with Crippen molar-refractivity contribution < 1.29 is 13.5 Å². The zero-order chi connectivity index (χ0) is 15.0. The molecule has 1 saturated carbocycles. The van der Waals surface area contributed by atoms with E-state index in [1.807, 2.05) is 18.2 Å². The molecule has 0 saturated heterocycles. The molecule has 1 fully saturated rings. The van der Waals surface area contributed by atoms with Crippen LogP contribution >= 0.6 is 0 Å². The summed E-state index contributed by atoms with van der Waals surface area (Å²) in [7, 11) is -2.96. The molecule has 0 bridgehead atoms. The summed E-state index contributed by atoms with van der Waals surface area (Å²) in [5, 5.41) is 10.5. The lowest BCUT2D eigenvalue weighted by Gasteiger charge is -2.39. The van der Waals surface area contributed by atoms with Crippen molar-refractivity contribution in [1.29, 1.82) is 0 Å². The smallest absolute Gasteiger partial charge is 0.150 e. The summed E-state index contributed by atoms with van der Waals surface area (Å²) in [5.74, 6) is 0.547. The summed E-state index contributed by atoms with van der Waals surface area (Å²) < 4.78 is 23.7. The molecule has 0 heterocycles. The summed E-state index contributed by atoms with van der Waals surface area (Å²) in [6, 6.07) is 8.11. The Balaban J connectivity index is 1.79. The summed E-state index contributed by atoms with van der Waals surface area (Å²) in [4.78, 5) is 0. The molecule has 3 rings (SSSR count). The van der Waals surface area contributed by atoms with E-state index in [0.29, 0.717) is 5.92 Å². The second kappa shape index (κ2) is 5.73. The van der Waals surface area contributed by atoms with E-state index in [0.717, 1.165) is 44.1 Å². The Kier molecular flexibility index (Phi) is 4.10. The topological polar surface area (TPSA) is 54.4 Å². The SMILES string of the molecule is CS(=O)(=O)C1CCCC(C2CCc3ccccc3C2O)C1. The Morgan fingerprint density at radius 1 is 1.14 bits per heavy atom. The number of sulfone groups is 1. The van der Waals surface area contributed by atoms with Crippen molar-refractivity contribution in [2.75, 3.05) is 6.26 Å². The predicted octanol–water partition coefficient (Wildman–Crippen LogP) is 2.89. The summed E-state index contributed by atoms with van der Waals surface area (Å²) in [6.45, 7) is 0. The Labute approximate surface area is 127 Å². The van der Waals surface area contributed by atoms with Gasteiger partial charge in [0.2, 0.25) is 0 Å². The molecule has 1 aromatic rings. The first-order chi connectivity index (χ1) is 9.97. The van der Waals surface area contributed by atoms with Crippen molar-refractivity contribution in [3.05, 3.63) is 35.4 Å². The first-order valence-electron chi connectivity index (χ1n) is 7.91. The lowest BCUT2D eigenvalue weighted by Crippen LogP contribution is -2.34. The Hall–Kier alpha value is -0.870. The van der Waals surface area contributed by atoms with E-state index in [1.54, 1.807) is 0 Å². The van der Waals surface area contributed by atoms with Crippen LogP contribution in [0.25, 0.3) is 0 Å². The number of benzene rings is 1. The van der Waals surface area contributed by atoms with Gasteiger partial charge in [-0.1, -0.05) is 30.7 Å². The largest absolute Gasteiger partial charge is 0.388 e. The van der Waals surface area contributed by atoms with Crippen molar-refractivity contribution in [3.63, 3.8) is 0 Å². The third kappa shape index (κ3) is 3.02. The number of aliphatic hydroxyl groups excluding tert-OH is 1. The third-order valence-electron chi connectivity index (χ3n) is 5.40. The summed E-state index contributed by atoms with van der Waals surface area (Å²) in [6.07, 6.45) is 6.42. The highest BCUT2D eigenvalue weighted by atomic mass is 32.2. The van der Waals surface area contributed by atoms with Gasteiger partial charge in [-0.25, -0.2) is 8.42 Å². The molecule has 2 aliphatic carbocycles. The molecular formula is C17H24O3S. The molecule has 0 spiro atoms. The van der Waals surface area contributed by atoms with Crippen LogP contribution in [0.3, 0.4) is 0 Å². The van der Waals surface area contributed by atoms with Gasteiger partial charge in [-0.15, -0.1) is 0 Å². The van der Waals surface area contributed by atoms with Gasteiger partial charge in [0.05, 0.1) is 11.4 Å². The van der Waals surface area contributed by atoms with Gasteiger partial charge in [-0.05, 0) is 55.1 Å². The second-order valence-corrected chi connectivity index (χ2v) is 9.05. The first-order valence-corrected chi connectivity index (χ1v) is 9.87. The number of aryl methyl sites for hydroxylation is 1. The Bertz CT molecular complexity index is 608. The molecule has 1 aromatic carbocycles. The van der Waals surface area contributed by atoms with Gasteiger partial charge in [0.15, 0.2) is 0 Å². The predicted molar refractivity (Wildman–Crippen MR) is 83.8 cm³/mol. The van der Waals surface area contributed by atoms with Crippen LogP contribution in [0.2, 0.25) is 0 Å². The Morgan fingerprint density at radius 3 is 2.67 bits per heavy atom. The van der Waals surface area contributed by atoms with E-state index >= 15 is 0 Å². The molecule has 4 unspecified atom stereocenters. The van der Waals surface area contributed by atoms with Crippen LogP contribution in [0.4, 0.5) is 0 Å².